The van der Waals surface area contributed by atoms with E-state index in [9.17, 15) is 9.59 Å². The lowest BCUT2D eigenvalue weighted by Crippen LogP contribution is -2.43. The highest BCUT2D eigenvalue weighted by molar-refractivity contribution is 7.99. The highest BCUT2D eigenvalue weighted by Gasteiger charge is 2.32. The Labute approximate surface area is 180 Å². The smallest absolute Gasteiger partial charge is 0.325 e. The molecule has 1 unspecified atom stereocenters. The molecular weight excluding hydrogens is 406 g/mol. The maximum Gasteiger partial charge on any atom is 0.325 e. The first-order valence-corrected chi connectivity index (χ1v) is 11.3. The Balaban J connectivity index is 1.35. The minimum Gasteiger partial charge on any atom is -0.340 e. The molecule has 5 nitrogen and oxygen atoms in total. The van der Waals surface area contributed by atoms with Gasteiger partial charge in [0.2, 0.25) is 5.91 Å². The van der Waals surface area contributed by atoms with Crippen molar-refractivity contribution in [3.05, 3.63) is 65.2 Å². The van der Waals surface area contributed by atoms with Gasteiger partial charge in [0, 0.05) is 47.9 Å². The number of para-hydroxylation sites is 1. The van der Waals surface area contributed by atoms with Crippen molar-refractivity contribution < 1.29 is 9.59 Å². The second kappa shape index (κ2) is 9.09. The summed E-state index contributed by atoms with van der Waals surface area (Å²) in [6.45, 7) is 2.72. The first kappa shape index (κ1) is 20.1. The normalized spacial score (nSPS) is 20.1. The van der Waals surface area contributed by atoms with Crippen molar-refractivity contribution in [3.8, 4) is 0 Å². The number of hydrogen-bond acceptors (Lipinski definition) is 3. The number of rotatable bonds is 4. The lowest BCUT2D eigenvalue weighted by atomic mass is 10.1. The van der Waals surface area contributed by atoms with E-state index in [1.54, 1.807) is 9.80 Å². The summed E-state index contributed by atoms with van der Waals surface area (Å²) in [6, 6.07) is 17.4. The van der Waals surface area contributed by atoms with E-state index >= 15 is 0 Å². The fraction of sp³-hybridized carbons (Fsp3) is 0.364. The zero-order chi connectivity index (χ0) is 20.2. The van der Waals surface area contributed by atoms with Gasteiger partial charge in [-0.3, -0.25) is 9.69 Å². The summed E-state index contributed by atoms with van der Waals surface area (Å²) >= 11 is 8.21. The fourth-order valence-electron chi connectivity index (χ4n) is 3.84. The van der Waals surface area contributed by atoms with E-state index in [-0.39, 0.29) is 18.5 Å². The first-order chi connectivity index (χ1) is 14.1. The van der Waals surface area contributed by atoms with Gasteiger partial charge in [0.05, 0.1) is 0 Å². The Morgan fingerprint density at radius 2 is 1.76 bits per heavy atom. The molecule has 4 rings (SSSR count). The van der Waals surface area contributed by atoms with Crippen molar-refractivity contribution in [3.63, 3.8) is 0 Å². The number of thioether (sulfide) groups is 1. The molecule has 2 aromatic carbocycles. The molecule has 0 saturated carbocycles. The molecule has 0 radical (unpaired) electrons. The van der Waals surface area contributed by atoms with Crippen LogP contribution in [0.2, 0.25) is 5.02 Å². The fourth-order valence-corrected chi connectivity index (χ4v) is 5.44. The van der Waals surface area contributed by atoms with Gasteiger partial charge < -0.3 is 9.80 Å². The second-order valence-corrected chi connectivity index (χ2v) is 8.96. The summed E-state index contributed by atoms with van der Waals surface area (Å²) in [5.41, 5.74) is 2.02. The second-order valence-electron chi connectivity index (χ2n) is 7.24. The van der Waals surface area contributed by atoms with E-state index in [1.165, 1.54) is 0 Å². The molecule has 0 N–H and O–H groups in total. The number of hydrogen-bond donors (Lipinski definition) is 0. The van der Waals surface area contributed by atoms with Crippen LogP contribution in [0.4, 0.5) is 10.5 Å². The summed E-state index contributed by atoms with van der Waals surface area (Å²) in [4.78, 5) is 30.9. The summed E-state index contributed by atoms with van der Waals surface area (Å²) in [6.07, 6.45) is 0.865. The highest BCUT2D eigenvalue weighted by atomic mass is 35.5. The molecule has 2 fully saturated rings. The molecule has 0 aromatic heterocycles. The van der Waals surface area contributed by atoms with Crippen LogP contribution in [-0.2, 0) is 4.79 Å². The van der Waals surface area contributed by atoms with Gasteiger partial charge in [-0.25, -0.2) is 4.79 Å². The Morgan fingerprint density at radius 3 is 2.55 bits per heavy atom. The third-order valence-electron chi connectivity index (χ3n) is 5.44. The molecule has 7 heteroatoms. The van der Waals surface area contributed by atoms with Crippen molar-refractivity contribution in [2.75, 3.05) is 43.4 Å². The number of amides is 3. The third kappa shape index (κ3) is 4.54. The largest absolute Gasteiger partial charge is 0.340 e. The van der Waals surface area contributed by atoms with Gasteiger partial charge in [-0.15, -0.1) is 0 Å². The molecule has 0 aliphatic carbocycles. The number of benzene rings is 2. The topological polar surface area (TPSA) is 43.9 Å². The molecule has 152 valence electrons. The van der Waals surface area contributed by atoms with Gasteiger partial charge in [0.25, 0.3) is 0 Å². The molecule has 2 aliphatic rings. The molecule has 2 heterocycles. The standard InChI is InChI=1S/C22H24ClN3O2S/c23-19-9-5-4-8-18(19)20-10-11-24(14-15-29-20)21(27)16-25-12-13-26(22(25)28)17-6-2-1-3-7-17/h1-9,20H,10-16H2. The zero-order valence-corrected chi connectivity index (χ0v) is 17.7. The minimum absolute atomic E-state index is 0.0219. The van der Waals surface area contributed by atoms with E-state index in [0.717, 1.165) is 28.4 Å². The van der Waals surface area contributed by atoms with E-state index < -0.39 is 0 Å². The first-order valence-electron chi connectivity index (χ1n) is 9.89. The Hall–Kier alpha value is -2.18. The molecule has 1 atom stereocenters. The average Bonchev–Trinajstić information content (AvgIpc) is 2.94. The summed E-state index contributed by atoms with van der Waals surface area (Å²) in [7, 11) is 0. The minimum atomic E-state index is -0.0947. The molecular formula is C22H24ClN3O2S. The Morgan fingerprint density at radius 1 is 1.00 bits per heavy atom. The van der Waals surface area contributed by atoms with Gasteiger partial charge in [-0.1, -0.05) is 48.0 Å². The molecule has 0 spiro atoms. The summed E-state index contributed by atoms with van der Waals surface area (Å²) in [5, 5.41) is 1.08. The van der Waals surface area contributed by atoms with E-state index in [0.29, 0.717) is 31.4 Å². The quantitative estimate of drug-likeness (QED) is 0.728. The average molecular weight is 430 g/mol. The van der Waals surface area contributed by atoms with Crippen molar-refractivity contribution in [2.45, 2.75) is 11.7 Å². The van der Waals surface area contributed by atoms with Gasteiger partial charge in [-0.05, 0) is 30.2 Å². The van der Waals surface area contributed by atoms with Crippen LogP contribution in [0.3, 0.4) is 0 Å². The van der Waals surface area contributed by atoms with E-state index in [1.807, 2.05) is 65.2 Å². The van der Waals surface area contributed by atoms with Crippen molar-refractivity contribution in [1.29, 1.82) is 0 Å². The lowest BCUT2D eigenvalue weighted by Gasteiger charge is -2.24. The van der Waals surface area contributed by atoms with Gasteiger partial charge >= 0.3 is 6.03 Å². The molecule has 2 aromatic rings. The number of urea groups is 1. The molecule has 2 saturated heterocycles. The number of nitrogens with zero attached hydrogens (tertiary/aromatic N) is 3. The van der Waals surface area contributed by atoms with Crippen LogP contribution in [-0.4, -0.2) is 60.2 Å². The maximum absolute atomic E-state index is 12.9. The zero-order valence-electron chi connectivity index (χ0n) is 16.2. The van der Waals surface area contributed by atoms with Gasteiger partial charge in [0.1, 0.15) is 6.54 Å². The number of carbonyl (C=O) groups is 2. The van der Waals surface area contributed by atoms with Gasteiger partial charge in [-0.2, -0.15) is 11.8 Å². The van der Waals surface area contributed by atoms with Crippen LogP contribution in [0.5, 0.6) is 0 Å². The number of carbonyl (C=O) groups excluding carboxylic acids is 2. The van der Waals surface area contributed by atoms with Crippen LogP contribution in [0, 0.1) is 0 Å². The van der Waals surface area contributed by atoms with Gasteiger partial charge in [0.15, 0.2) is 0 Å². The number of anilines is 1. The molecule has 2 aliphatic heterocycles. The SMILES string of the molecule is O=C(CN1CCN(c2ccccc2)C1=O)N1CCSC(c2ccccc2Cl)CC1. The van der Waals surface area contributed by atoms with E-state index in [2.05, 4.69) is 6.07 Å². The van der Waals surface area contributed by atoms with Crippen LogP contribution >= 0.6 is 23.4 Å². The Kier molecular flexibility index (Phi) is 6.31. The van der Waals surface area contributed by atoms with E-state index in [4.69, 9.17) is 11.6 Å². The van der Waals surface area contributed by atoms with Crippen LogP contribution in [0.1, 0.15) is 17.2 Å². The third-order valence-corrected chi connectivity index (χ3v) is 7.09. The number of halogens is 1. The predicted molar refractivity (Wildman–Crippen MR) is 119 cm³/mol. The van der Waals surface area contributed by atoms with Crippen molar-refractivity contribution in [2.24, 2.45) is 0 Å². The summed E-state index contributed by atoms with van der Waals surface area (Å²) in [5.74, 6) is 0.889. The van der Waals surface area contributed by atoms with Crippen LogP contribution in [0.25, 0.3) is 0 Å². The van der Waals surface area contributed by atoms with Crippen LogP contribution in [0.15, 0.2) is 54.6 Å². The molecule has 3 amide bonds. The molecule has 29 heavy (non-hydrogen) atoms. The van der Waals surface area contributed by atoms with Crippen molar-refractivity contribution >= 4 is 41.0 Å². The summed E-state index contributed by atoms with van der Waals surface area (Å²) < 4.78 is 0. The lowest BCUT2D eigenvalue weighted by molar-refractivity contribution is -0.131. The monoisotopic (exact) mass is 429 g/mol. The maximum atomic E-state index is 12.9. The highest BCUT2D eigenvalue weighted by Crippen LogP contribution is 2.37. The molecule has 0 bridgehead atoms. The van der Waals surface area contributed by atoms with Crippen molar-refractivity contribution in [1.82, 2.24) is 9.80 Å². The van der Waals surface area contributed by atoms with Crippen LogP contribution < -0.4 is 4.90 Å². The Bertz CT molecular complexity index is 879. The predicted octanol–water partition coefficient (Wildman–Crippen LogP) is 4.29.